The van der Waals surface area contributed by atoms with Gasteiger partial charge in [-0.3, -0.25) is 9.78 Å². The predicted molar refractivity (Wildman–Crippen MR) is 111 cm³/mol. The molecule has 28 heavy (non-hydrogen) atoms. The van der Waals surface area contributed by atoms with Crippen LogP contribution in [0.5, 0.6) is 5.75 Å². The molecule has 0 N–H and O–H groups in total. The van der Waals surface area contributed by atoms with Crippen molar-refractivity contribution < 1.29 is 9.53 Å². The zero-order valence-electron chi connectivity index (χ0n) is 16.1. The van der Waals surface area contributed by atoms with Crippen molar-refractivity contribution in [1.29, 1.82) is 0 Å². The van der Waals surface area contributed by atoms with Crippen molar-refractivity contribution in [3.8, 4) is 5.75 Å². The molecule has 0 aliphatic carbocycles. The first kappa shape index (κ1) is 18.0. The van der Waals surface area contributed by atoms with Crippen molar-refractivity contribution in [2.75, 3.05) is 7.11 Å². The highest BCUT2D eigenvalue weighted by atomic mass is 16.5. The van der Waals surface area contributed by atoms with Gasteiger partial charge in [-0.1, -0.05) is 24.3 Å². The summed E-state index contributed by atoms with van der Waals surface area (Å²) in [6, 6.07) is 19.4. The van der Waals surface area contributed by atoms with Crippen molar-refractivity contribution >= 4 is 16.7 Å². The second-order valence-electron chi connectivity index (χ2n) is 6.80. The molecule has 2 aromatic carbocycles. The maximum absolute atomic E-state index is 13.3. The zero-order chi connectivity index (χ0) is 19.5. The van der Waals surface area contributed by atoms with Crippen LogP contribution in [0.2, 0.25) is 0 Å². The number of nitrogens with zero attached hydrogens (tertiary/aromatic N) is 2. The lowest BCUT2D eigenvalue weighted by atomic mass is 10.0. The third-order valence-corrected chi connectivity index (χ3v) is 5.16. The minimum absolute atomic E-state index is 0.0384. The zero-order valence-corrected chi connectivity index (χ0v) is 16.1. The average molecular weight is 370 g/mol. The van der Waals surface area contributed by atoms with Crippen molar-refractivity contribution in [2.24, 2.45) is 0 Å². The van der Waals surface area contributed by atoms with Crippen LogP contribution in [-0.4, -0.2) is 22.4 Å². The number of benzene rings is 2. The van der Waals surface area contributed by atoms with Gasteiger partial charge in [0, 0.05) is 41.1 Å². The quantitative estimate of drug-likeness (QED) is 0.457. The Hall–Kier alpha value is -3.40. The third-order valence-electron chi connectivity index (χ3n) is 5.16. The molecule has 0 spiro atoms. The summed E-state index contributed by atoms with van der Waals surface area (Å²) < 4.78 is 7.44. The molecule has 0 saturated carbocycles. The van der Waals surface area contributed by atoms with Gasteiger partial charge in [-0.2, -0.15) is 0 Å². The number of carbonyl (C=O) groups excluding carboxylic acids is 1. The molecule has 0 bridgehead atoms. The molecule has 0 atom stereocenters. The molecule has 4 nitrogen and oxygen atoms in total. The summed E-state index contributed by atoms with van der Waals surface area (Å²) in [7, 11) is 1.62. The number of hydrogen-bond donors (Lipinski definition) is 0. The van der Waals surface area contributed by atoms with E-state index in [-0.39, 0.29) is 5.78 Å². The molecule has 0 radical (unpaired) electrons. The lowest BCUT2D eigenvalue weighted by Crippen LogP contribution is -2.07. The number of para-hydroxylation sites is 1. The summed E-state index contributed by atoms with van der Waals surface area (Å²) in [5, 5.41) is 0.993. The summed E-state index contributed by atoms with van der Waals surface area (Å²) >= 11 is 0. The number of fused-ring (bicyclic) bond motifs is 1. The van der Waals surface area contributed by atoms with Gasteiger partial charge in [0.1, 0.15) is 5.75 Å². The Kier molecular flexibility index (Phi) is 4.94. The first-order valence-corrected chi connectivity index (χ1v) is 9.34. The van der Waals surface area contributed by atoms with Gasteiger partial charge < -0.3 is 9.30 Å². The van der Waals surface area contributed by atoms with E-state index in [1.54, 1.807) is 13.3 Å². The van der Waals surface area contributed by atoms with Gasteiger partial charge in [-0.05, 0) is 55.3 Å². The number of methoxy groups -OCH3 is 1. The molecule has 4 rings (SSSR count). The van der Waals surface area contributed by atoms with Gasteiger partial charge in [-0.15, -0.1) is 0 Å². The molecular weight excluding hydrogens is 348 g/mol. The van der Waals surface area contributed by atoms with E-state index in [2.05, 4.69) is 21.7 Å². The van der Waals surface area contributed by atoms with Gasteiger partial charge in [0.15, 0.2) is 5.78 Å². The average Bonchev–Trinajstić information content (AvgIpc) is 3.03. The monoisotopic (exact) mass is 370 g/mol. The molecule has 0 fully saturated rings. The van der Waals surface area contributed by atoms with Gasteiger partial charge in [0.05, 0.1) is 12.7 Å². The van der Waals surface area contributed by atoms with Crippen molar-refractivity contribution in [3.63, 3.8) is 0 Å². The molecule has 4 aromatic rings. The number of ketones is 1. The molecule has 0 aliphatic rings. The highest BCUT2D eigenvalue weighted by Crippen LogP contribution is 2.29. The Morgan fingerprint density at radius 1 is 1.04 bits per heavy atom. The molecular formula is C24H22N2O2. The second kappa shape index (κ2) is 7.69. The van der Waals surface area contributed by atoms with Crippen LogP contribution in [0, 0.1) is 6.92 Å². The van der Waals surface area contributed by atoms with E-state index in [0.717, 1.165) is 40.9 Å². The topological polar surface area (TPSA) is 44.1 Å². The number of aryl methyl sites for hydroxylation is 2. The minimum atomic E-state index is 0.0384. The fourth-order valence-electron chi connectivity index (χ4n) is 3.68. The highest BCUT2D eigenvalue weighted by molar-refractivity contribution is 6.17. The van der Waals surface area contributed by atoms with Crippen LogP contribution in [0.25, 0.3) is 10.9 Å². The molecule has 0 saturated heterocycles. The predicted octanol–water partition coefficient (Wildman–Crippen LogP) is 4.83. The van der Waals surface area contributed by atoms with E-state index in [1.807, 2.05) is 61.7 Å². The Balaban J connectivity index is 1.74. The first-order chi connectivity index (χ1) is 13.7. The van der Waals surface area contributed by atoms with Gasteiger partial charge in [0.25, 0.3) is 0 Å². The highest BCUT2D eigenvalue weighted by Gasteiger charge is 2.20. The summed E-state index contributed by atoms with van der Waals surface area (Å²) in [5.74, 6) is 0.781. The standard InChI is InChI=1S/C24H22N2O2/c1-17-23(24(27)19-9-11-20(28-2)12-10-19)21-7-3-4-8-22(21)26(17)15-13-18-6-5-14-25-16-18/h3-12,14,16H,13,15H2,1-2H3. The van der Waals surface area contributed by atoms with Crippen LogP contribution in [0.15, 0.2) is 73.1 Å². The Labute approximate surface area is 164 Å². The van der Waals surface area contributed by atoms with Crippen LogP contribution < -0.4 is 4.74 Å². The summed E-state index contributed by atoms with van der Waals surface area (Å²) in [5.41, 5.74) is 4.69. The van der Waals surface area contributed by atoms with Crippen LogP contribution in [-0.2, 0) is 13.0 Å². The van der Waals surface area contributed by atoms with E-state index in [0.29, 0.717) is 5.56 Å². The number of hydrogen-bond acceptors (Lipinski definition) is 3. The maximum atomic E-state index is 13.3. The Bertz CT molecular complexity index is 1110. The minimum Gasteiger partial charge on any atom is -0.497 e. The lowest BCUT2D eigenvalue weighted by molar-refractivity contribution is 0.103. The first-order valence-electron chi connectivity index (χ1n) is 9.34. The fraction of sp³-hybridized carbons (Fsp3) is 0.167. The van der Waals surface area contributed by atoms with Crippen LogP contribution in [0.1, 0.15) is 27.2 Å². The Morgan fingerprint density at radius 3 is 2.54 bits per heavy atom. The second-order valence-corrected chi connectivity index (χ2v) is 6.80. The number of aromatic nitrogens is 2. The lowest BCUT2D eigenvalue weighted by Gasteiger charge is -2.09. The van der Waals surface area contributed by atoms with E-state index in [9.17, 15) is 4.79 Å². The van der Waals surface area contributed by atoms with E-state index >= 15 is 0 Å². The number of carbonyl (C=O) groups is 1. The molecule has 0 amide bonds. The van der Waals surface area contributed by atoms with E-state index < -0.39 is 0 Å². The smallest absolute Gasteiger partial charge is 0.195 e. The van der Waals surface area contributed by atoms with E-state index in [1.165, 1.54) is 5.56 Å². The van der Waals surface area contributed by atoms with E-state index in [4.69, 9.17) is 4.74 Å². The summed E-state index contributed by atoms with van der Waals surface area (Å²) in [6.45, 7) is 2.83. The number of ether oxygens (including phenoxy) is 1. The summed E-state index contributed by atoms with van der Waals surface area (Å²) in [4.78, 5) is 17.5. The van der Waals surface area contributed by atoms with Crippen LogP contribution in [0.4, 0.5) is 0 Å². The molecule has 2 aromatic heterocycles. The largest absolute Gasteiger partial charge is 0.497 e. The van der Waals surface area contributed by atoms with Gasteiger partial charge >= 0.3 is 0 Å². The molecule has 0 unspecified atom stereocenters. The SMILES string of the molecule is COc1ccc(C(=O)c2c(C)n(CCc3cccnc3)c3ccccc23)cc1. The van der Waals surface area contributed by atoms with Crippen LogP contribution in [0.3, 0.4) is 0 Å². The third kappa shape index (κ3) is 3.29. The van der Waals surface area contributed by atoms with Crippen molar-refractivity contribution in [3.05, 3.63) is 95.4 Å². The van der Waals surface area contributed by atoms with Gasteiger partial charge in [0.2, 0.25) is 0 Å². The fourth-order valence-corrected chi connectivity index (χ4v) is 3.68. The Morgan fingerprint density at radius 2 is 1.82 bits per heavy atom. The number of rotatable bonds is 6. The molecule has 140 valence electrons. The molecule has 4 heteroatoms. The van der Waals surface area contributed by atoms with Crippen LogP contribution >= 0.6 is 0 Å². The molecule has 2 heterocycles. The summed E-state index contributed by atoms with van der Waals surface area (Å²) in [6.07, 6.45) is 4.54. The molecule has 0 aliphatic heterocycles. The normalized spacial score (nSPS) is 10.9. The van der Waals surface area contributed by atoms with Crippen molar-refractivity contribution in [1.82, 2.24) is 9.55 Å². The van der Waals surface area contributed by atoms with Crippen molar-refractivity contribution in [2.45, 2.75) is 19.9 Å². The number of pyridine rings is 1. The van der Waals surface area contributed by atoms with Gasteiger partial charge in [-0.25, -0.2) is 0 Å². The maximum Gasteiger partial charge on any atom is 0.195 e.